The van der Waals surface area contributed by atoms with Crippen LogP contribution < -0.4 is 14.0 Å². The molecule has 6 aromatic rings. The first-order chi connectivity index (χ1) is 16.7. The van der Waals surface area contributed by atoms with Crippen molar-refractivity contribution in [1.82, 2.24) is 9.55 Å². The van der Waals surface area contributed by atoms with E-state index in [4.69, 9.17) is 13.8 Å². The summed E-state index contributed by atoms with van der Waals surface area (Å²) in [5.41, 5.74) is 4.14. The molecule has 35 heavy (non-hydrogen) atoms. The van der Waals surface area contributed by atoms with Gasteiger partial charge in [0.25, 0.3) is 0 Å². The van der Waals surface area contributed by atoms with E-state index in [0.717, 1.165) is 39.4 Å². The number of furan rings is 2. The van der Waals surface area contributed by atoms with Crippen molar-refractivity contribution in [1.29, 1.82) is 0 Å². The third-order valence-corrected chi connectivity index (χ3v) is 5.87. The molecular formula is C27H22N5O2Pd-. The molecule has 0 unspecified atom stereocenters. The molecule has 0 amide bonds. The summed E-state index contributed by atoms with van der Waals surface area (Å²) in [5.74, 6) is 2.15. The molecule has 178 valence electrons. The van der Waals surface area contributed by atoms with E-state index in [1.54, 1.807) is 6.26 Å². The number of pyridine rings is 1. The van der Waals surface area contributed by atoms with Crippen LogP contribution in [0.25, 0.3) is 34.2 Å². The van der Waals surface area contributed by atoms with E-state index in [-0.39, 0.29) is 20.4 Å². The van der Waals surface area contributed by atoms with Gasteiger partial charge in [-0.05, 0) is 30.8 Å². The van der Waals surface area contributed by atoms with Crippen molar-refractivity contribution in [3.8, 4) is 5.82 Å². The molecule has 8 heteroatoms. The summed E-state index contributed by atoms with van der Waals surface area (Å²) < 4.78 is 17.0. The molecule has 0 aliphatic rings. The van der Waals surface area contributed by atoms with Crippen molar-refractivity contribution in [2.75, 3.05) is 11.4 Å². The van der Waals surface area contributed by atoms with Gasteiger partial charge in [0.1, 0.15) is 25.7 Å². The quantitative estimate of drug-likeness (QED) is 0.176. The third kappa shape index (κ3) is 4.12. The van der Waals surface area contributed by atoms with E-state index >= 15 is 0 Å². The number of imidazole rings is 1. The smallest absolute Gasteiger partial charge is 0.324 e. The number of para-hydroxylation sites is 1. The summed E-state index contributed by atoms with van der Waals surface area (Å²) in [6.45, 7) is 0.505. The summed E-state index contributed by atoms with van der Waals surface area (Å²) in [4.78, 5) is 7.15. The number of anilines is 2. The fraction of sp³-hybridized carbons (Fsp3) is 0.111. The van der Waals surface area contributed by atoms with Gasteiger partial charge in [-0.1, -0.05) is 24.3 Å². The Hall–Kier alpha value is -3.86. The van der Waals surface area contributed by atoms with Gasteiger partial charge in [0.2, 0.25) is 6.33 Å². The minimum Gasteiger partial charge on any atom is -0.505 e. The minimum absolute atomic E-state index is 0. The van der Waals surface area contributed by atoms with Gasteiger partial charge in [-0.2, -0.15) is 0 Å². The molecule has 0 N–H and O–H groups in total. The number of fused-ring (bicyclic) bond motifs is 2. The van der Waals surface area contributed by atoms with Crippen LogP contribution in [0.2, 0.25) is 0 Å². The monoisotopic (exact) mass is 554 g/mol. The fourth-order valence-electron chi connectivity index (χ4n) is 4.28. The predicted molar refractivity (Wildman–Crippen MR) is 127 cm³/mol. The van der Waals surface area contributed by atoms with Crippen molar-refractivity contribution in [3.63, 3.8) is 0 Å². The van der Waals surface area contributed by atoms with Crippen molar-refractivity contribution in [2.24, 2.45) is 14.1 Å². The average Bonchev–Trinajstić information content (AvgIpc) is 3.63. The molecule has 6 rings (SSSR count). The zero-order chi connectivity index (χ0) is 23.1. The van der Waals surface area contributed by atoms with Crippen molar-refractivity contribution in [2.45, 2.75) is 0 Å². The molecule has 0 bridgehead atoms. The first-order valence-corrected chi connectivity index (χ1v) is 10.9. The standard InChI is InChI=1S/C27H22N5O2.Pd/c1-29-16-13-23-26(29)30(2)19-32(23)25-12-6-11-24(28-25)31(21-9-4-3-5-10-21)15-7-8-20-18-34-27-22(20)14-17-33-27;/h3-6,8-13,16-19H,15H2,1-2H3;/q-1;. The Morgan fingerprint density at radius 1 is 1.11 bits per heavy atom. The Morgan fingerprint density at radius 2 is 1.97 bits per heavy atom. The van der Waals surface area contributed by atoms with Crippen LogP contribution in [0.3, 0.4) is 0 Å². The SMILES string of the molecule is C[n+]1c[cH-]c2c1[n+](C)cn2-c1cccc(N(C[C-]=Cc2coc3oc[c-]c23)c2ccccc2)n1.[Pd]. The molecule has 1 aromatic carbocycles. The van der Waals surface area contributed by atoms with Crippen LogP contribution in [0.5, 0.6) is 0 Å². The van der Waals surface area contributed by atoms with Crippen LogP contribution in [0, 0.1) is 12.1 Å². The Balaban J connectivity index is 0.00000253. The molecule has 0 saturated heterocycles. The largest absolute Gasteiger partial charge is 0.505 e. The molecule has 5 aromatic heterocycles. The summed E-state index contributed by atoms with van der Waals surface area (Å²) >= 11 is 0. The maximum Gasteiger partial charge on any atom is 0.324 e. The Morgan fingerprint density at radius 3 is 2.83 bits per heavy atom. The Labute approximate surface area is 216 Å². The maximum absolute atomic E-state index is 5.42. The topological polar surface area (TPSA) is 55.1 Å². The number of benzene rings is 1. The first-order valence-electron chi connectivity index (χ1n) is 10.9. The van der Waals surface area contributed by atoms with Crippen LogP contribution >= 0.6 is 0 Å². The van der Waals surface area contributed by atoms with Crippen LogP contribution in [-0.2, 0) is 34.5 Å². The minimum atomic E-state index is 0. The number of nitrogens with zero attached hydrogens (tertiary/aromatic N) is 5. The van der Waals surface area contributed by atoms with Gasteiger partial charge in [0.05, 0.1) is 6.20 Å². The van der Waals surface area contributed by atoms with E-state index in [2.05, 4.69) is 61.5 Å². The zero-order valence-corrected chi connectivity index (χ0v) is 20.7. The third-order valence-electron chi connectivity index (χ3n) is 5.87. The number of hydrogen-bond acceptors (Lipinski definition) is 4. The average molecular weight is 555 g/mol. The van der Waals surface area contributed by atoms with Crippen LogP contribution in [0.1, 0.15) is 5.56 Å². The van der Waals surface area contributed by atoms with Gasteiger partial charge in [-0.25, -0.2) is 26.3 Å². The molecule has 0 aliphatic heterocycles. The summed E-state index contributed by atoms with van der Waals surface area (Å²) in [7, 11) is 4.09. The van der Waals surface area contributed by atoms with E-state index in [0.29, 0.717) is 12.3 Å². The maximum atomic E-state index is 5.42. The Kier molecular flexibility index (Phi) is 6.16. The summed E-state index contributed by atoms with van der Waals surface area (Å²) in [6.07, 6.45) is 12.6. The van der Waals surface area contributed by atoms with Crippen molar-refractivity contribution in [3.05, 3.63) is 97.4 Å². The normalized spacial score (nSPS) is 11.5. The summed E-state index contributed by atoms with van der Waals surface area (Å²) in [5, 5.41) is 0.811. The molecular weight excluding hydrogens is 533 g/mol. The molecule has 0 saturated carbocycles. The number of rotatable bonds is 6. The molecule has 0 fully saturated rings. The van der Waals surface area contributed by atoms with Crippen molar-refractivity contribution < 1.29 is 38.4 Å². The van der Waals surface area contributed by atoms with Crippen LogP contribution in [0.15, 0.2) is 88.5 Å². The van der Waals surface area contributed by atoms with E-state index in [1.807, 2.05) is 56.6 Å². The second-order valence-electron chi connectivity index (χ2n) is 8.09. The van der Waals surface area contributed by atoms with Gasteiger partial charge >= 0.3 is 5.65 Å². The summed E-state index contributed by atoms with van der Waals surface area (Å²) in [6, 6.07) is 21.4. The van der Waals surface area contributed by atoms with E-state index < -0.39 is 0 Å². The second-order valence-corrected chi connectivity index (χ2v) is 8.09. The van der Waals surface area contributed by atoms with Gasteiger partial charge in [0.15, 0.2) is 5.78 Å². The fourth-order valence-corrected chi connectivity index (χ4v) is 4.28. The zero-order valence-electron chi connectivity index (χ0n) is 19.2. The van der Waals surface area contributed by atoms with E-state index in [9.17, 15) is 0 Å². The van der Waals surface area contributed by atoms with Crippen LogP contribution in [0.4, 0.5) is 11.5 Å². The second kappa shape index (κ2) is 9.42. The van der Waals surface area contributed by atoms with Gasteiger partial charge in [-0.3, -0.25) is 4.57 Å². The first kappa shape index (κ1) is 22.9. The molecule has 0 aliphatic carbocycles. The predicted octanol–water partition coefficient (Wildman–Crippen LogP) is 4.18. The molecule has 7 nitrogen and oxygen atoms in total. The van der Waals surface area contributed by atoms with Crippen molar-refractivity contribution >= 4 is 39.9 Å². The van der Waals surface area contributed by atoms with E-state index in [1.165, 1.54) is 6.26 Å². The molecule has 0 radical (unpaired) electrons. The van der Waals surface area contributed by atoms with Gasteiger partial charge in [-0.15, -0.1) is 23.1 Å². The Bertz CT molecular complexity index is 1620. The number of hydrogen-bond donors (Lipinski definition) is 0. The molecule has 0 spiro atoms. The van der Waals surface area contributed by atoms with Gasteiger partial charge in [0, 0.05) is 44.2 Å². The molecule has 5 heterocycles. The number of aromatic nitrogens is 4. The molecule has 0 atom stereocenters. The van der Waals surface area contributed by atoms with Gasteiger partial charge < -0.3 is 13.7 Å². The number of aryl methyl sites for hydroxylation is 2. The van der Waals surface area contributed by atoms with Crippen LogP contribution in [-0.4, -0.2) is 16.1 Å².